The summed E-state index contributed by atoms with van der Waals surface area (Å²) in [6, 6.07) is -0.259. The average Bonchev–Trinajstić information content (AvgIpc) is 2.14. The molecule has 0 radical (unpaired) electrons. The lowest BCUT2D eigenvalue weighted by atomic mass is 10.2. The Morgan fingerprint density at radius 3 is 2.00 bits per heavy atom. The van der Waals surface area contributed by atoms with Crippen LogP contribution < -0.4 is 5.32 Å². The normalized spacial score (nSPS) is 13.6. The van der Waals surface area contributed by atoms with Crippen LogP contribution in [0, 0.1) is 0 Å². The number of hydrogen-bond donors (Lipinski definition) is 1. The molecule has 0 heterocycles. The number of carbonyl (C=O) groups excluding carboxylic acids is 1. The van der Waals surface area contributed by atoms with Gasteiger partial charge in [-0.05, 0) is 41.5 Å². The molecule has 1 atom stereocenters. The van der Waals surface area contributed by atoms with Crippen molar-refractivity contribution in [1.82, 2.24) is 5.32 Å². The standard InChI is InChI=1S/C12H25NO4/c1-7-15-10(16-8-2)9(3)13-11(14)17-12(4,5)6/h9-10H,7-8H2,1-6H3,(H,13,14). The van der Waals surface area contributed by atoms with Crippen molar-refractivity contribution in [1.29, 1.82) is 0 Å². The highest BCUT2D eigenvalue weighted by molar-refractivity contribution is 5.68. The summed E-state index contributed by atoms with van der Waals surface area (Å²) >= 11 is 0. The van der Waals surface area contributed by atoms with Gasteiger partial charge >= 0.3 is 6.09 Å². The maximum absolute atomic E-state index is 11.5. The second-order valence-corrected chi connectivity index (χ2v) is 4.71. The van der Waals surface area contributed by atoms with Gasteiger partial charge in [0.2, 0.25) is 0 Å². The van der Waals surface area contributed by atoms with Crippen LogP contribution in [0.2, 0.25) is 0 Å². The second-order valence-electron chi connectivity index (χ2n) is 4.71. The minimum atomic E-state index is -0.503. The van der Waals surface area contributed by atoms with E-state index in [1.54, 1.807) is 0 Å². The minimum Gasteiger partial charge on any atom is -0.444 e. The van der Waals surface area contributed by atoms with Crippen LogP contribution in [0.1, 0.15) is 41.5 Å². The van der Waals surface area contributed by atoms with E-state index in [0.717, 1.165) is 0 Å². The Kier molecular flexibility index (Phi) is 7.15. The van der Waals surface area contributed by atoms with Crippen molar-refractivity contribution in [2.45, 2.75) is 59.5 Å². The predicted molar refractivity (Wildman–Crippen MR) is 65.9 cm³/mol. The third kappa shape index (κ3) is 7.99. The summed E-state index contributed by atoms with van der Waals surface area (Å²) in [4.78, 5) is 11.5. The van der Waals surface area contributed by atoms with E-state index in [-0.39, 0.29) is 6.04 Å². The van der Waals surface area contributed by atoms with Gasteiger partial charge in [-0.1, -0.05) is 0 Å². The van der Waals surface area contributed by atoms with Gasteiger partial charge in [0.05, 0.1) is 6.04 Å². The first kappa shape index (κ1) is 16.2. The third-order valence-corrected chi connectivity index (χ3v) is 1.81. The first-order chi connectivity index (χ1) is 7.80. The topological polar surface area (TPSA) is 56.8 Å². The molecule has 0 aliphatic heterocycles. The van der Waals surface area contributed by atoms with E-state index in [1.807, 2.05) is 41.5 Å². The van der Waals surface area contributed by atoms with Gasteiger partial charge in [-0.3, -0.25) is 0 Å². The van der Waals surface area contributed by atoms with Crippen LogP contribution in [0.5, 0.6) is 0 Å². The highest BCUT2D eigenvalue weighted by atomic mass is 16.7. The number of nitrogens with one attached hydrogen (secondary N) is 1. The first-order valence-electron chi connectivity index (χ1n) is 6.02. The van der Waals surface area contributed by atoms with Gasteiger partial charge in [0, 0.05) is 13.2 Å². The van der Waals surface area contributed by atoms with Crippen LogP contribution in [0.3, 0.4) is 0 Å². The van der Waals surface area contributed by atoms with Crippen LogP contribution in [0.25, 0.3) is 0 Å². The Morgan fingerprint density at radius 2 is 1.65 bits per heavy atom. The van der Waals surface area contributed by atoms with Gasteiger partial charge in [0.15, 0.2) is 6.29 Å². The highest BCUT2D eigenvalue weighted by Crippen LogP contribution is 2.08. The van der Waals surface area contributed by atoms with Crippen LogP contribution in [0.15, 0.2) is 0 Å². The maximum atomic E-state index is 11.5. The molecule has 5 nitrogen and oxygen atoms in total. The summed E-state index contributed by atoms with van der Waals surface area (Å²) in [6.07, 6.45) is -0.910. The van der Waals surface area contributed by atoms with Crippen molar-refractivity contribution >= 4 is 6.09 Å². The monoisotopic (exact) mass is 247 g/mol. The smallest absolute Gasteiger partial charge is 0.408 e. The van der Waals surface area contributed by atoms with Gasteiger partial charge < -0.3 is 19.5 Å². The zero-order valence-electron chi connectivity index (χ0n) is 11.7. The summed E-state index contributed by atoms with van der Waals surface area (Å²) in [6.45, 7) is 12.1. The van der Waals surface area contributed by atoms with Crippen molar-refractivity contribution in [2.24, 2.45) is 0 Å². The summed E-state index contributed by atoms with van der Waals surface area (Å²) in [5.41, 5.74) is -0.503. The van der Waals surface area contributed by atoms with E-state index in [2.05, 4.69) is 5.32 Å². The lowest BCUT2D eigenvalue weighted by Gasteiger charge is -2.26. The molecule has 0 aliphatic carbocycles. The molecule has 5 heteroatoms. The molecular weight excluding hydrogens is 222 g/mol. The van der Waals surface area contributed by atoms with E-state index in [0.29, 0.717) is 13.2 Å². The van der Waals surface area contributed by atoms with Gasteiger partial charge in [-0.2, -0.15) is 0 Å². The van der Waals surface area contributed by atoms with Crippen LogP contribution >= 0.6 is 0 Å². The molecule has 0 aromatic carbocycles. The third-order valence-electron chi connectivity index (χ3n) is 1.81. The Morgan fingerprint density at radius 1 is 1.18 bits per heavy atom. The quantitative estimate of drug-likeness (QED) is 0.732. The molecule has 0 saturated carbocycles. The van der Waals surface area contributed by atoms with E-state index in [4.69, 9.17) is 14.2 Å². The molecule has 0 spiro atoms. The first-order valence-corrected chi connectivity index (χ1v) is 6.02. The largest absolute Gasteiger partial charge is 0.444 e. The van der Waals surface area contributed by atoms with Gasteiger partial charge in [0.25, 0.3) is 0 Å². The Labute approximate surface area is 104 Å². The number of carbonyl (C=O) groups is 1. The average molecular weight is 247 g/mol. The van der Waals surface area contributed by atoms with Crippen molar-refractivity contribution in [2.75, 3.05) is 13.2 Å². The Balaban J connectivity index is 4.19. The Hall–Kier alpha value is -0.810. The van der Waals surface area contributed by atoms with Crippen molar-refractivity contribution in [3.05, 3.63) is 0 Å². The number of hydrogen-bond acceptors (Lipinski definition) is 4. The van der Waals surface area contributed by atoms with E-state index in [1.165, 1.54) is 0 Å². The molecule has 102 valence electrons. The van der Waals surface area contributed by atoms with Crippen LogP contribution in [-0.4, -0.2) is 37.2 Å². The molecule has 0 aliphatic rings. The molecule has 0 rings (SSSR count). The minimum absolute atomic E-state index is 0.259. The van der Waals surface area contributed by atoms with Crippen molar-refractivity contribution in [3.8, 4) is 0 Å². The molecular formula is C12H25NO4. The molecule has 0 fully saturated rings. The van der Waals surface area contributed by atoms with Gasteiger partial charge in [0.1, 0.15) is 5.60 Å². The number of amides is 1. The van der Waals surface area contributed by atoms with E-state index in [9.17, 15) is 4.79 Å². The van der Waals surface area contributed by atoms with E-state index >= 15 is 0 Å². The fourth-order valence-corrected chi connectivity index (χ4v) is 1.23. The molecule has 1 N–H and O–H groups in total. The molecule has 0 bridgehead atoms. The summed E-state index contributed by atoms with van der Waals surface area (Å²) in [5, 5.41) is 2.69. The molecule has 0 saturated heterocycles. The number of alkyl carbamates (subject to hydrolysis) is 1. The van der Waals surface area contributed by atoms with Crippen LogP contribution in [-0.2, 0) is 14.2 Å². The van der Waals surface area contributed by atoms with Gasteiger partial charge in [-0.15, -0.1) is 0 Å². The lowest BCUT2D eigenvalue weighted by molar-refractivity contribution is -0.150. The van der Waals surface area contributed by atoms with Crippen molar-refractivity contribution < 1.29 is 19.0 Å². The Bertz CT molecular complexity index is 219. The zero-order chi connectivity index (χ0) is 13.5. The fraction of sp³-hybridized carbons (Fsp3) is 0.917. The molecule has 0 aromatic rings. The lowest BCUT2D eigenvalue weighted by Crippen LogP contribution is -2.45. The van der Waals surface area contributed by atoms with Crippen molar-refractivity contribution in [3.63, 3.8) is 0 Å². The van der Waals surface area contributed by atoms with Crippen LogP contribution in [0.4, 0.5) is 4.79 Å². The van der Waals surface area contributed by atoms with E-state index < -0.39 is 18.0 Å². The zero-order valence-corrected chi connectivity index (χ0v) is 11.7. The summed E-state index contributed by atoms with van der Waals surface area (Å²) in [7, 11) is 0. The predicted octanol–water partition coefficient (Wildman–Crippen LogP) is 2.30. The van der Waals surface area contributed by atoms with Gasteiger partial charge in [-0.25, -0.2) is 4.79 Å². The molecule has 1 unspecified atom stereocenters. The highest BCUT2D eigenvalue weighted by Gasteiger charge is 2.23. The summed E-state index contributed by atoms with van der Waals surface area (Å²) in [5.74, 6) is 0. The number of ether oxygens (including phenoxy) is 3. The molecule has 0 aromatic heterocycles. The SMILES string of the molecule is CCOC(OCC)C(C)NC(=O)OC(C)(C)C. The maximum Gasteiger partial charge on any atom is 0.408 e. The molecule has 1 amide bonds. The fourth-order valence-electron chi connectivity index (χ4n) is 1.23. The molecule has 17 heavy (non-hydrogen) atoms. The second kappa shape index (κ2) is 7.50. The summed E-state index contributed by atoms with van der Waals surface area (Å²) < 4.78 is 15.9. The number of rotatable bonds is 6.